The highest BCUT2D eigenvalue weighted by molar-refractivity contribution is 6.33. The third-order valence-corrected chi connectivity index (χ3v) is 4.36. The molecule has 1 heterocycles. The molecule has 20 heavy (non-hydrogen) atoms. The van der Waals surface area contributed by atoms with Gasteiger partial charge < -0.3 is 10.6 Å². The second kappa shape index (κ2) is 6.44. The molecule has 2 N–H and O–H groups in total. The van der Waals surface area contributed by atoms with Gasteiger partial charge in [0.25, 0.3) is 5.91 Å². The van der Waals surface area contributed by atoms with Crippen LogP contribution in [-0.2, 0) is 0 Å². The zero-order valence-corrected chi connectivity index (χ0v) is 12.9. The molecule has 0 atom stereocenters. The fraction of sp³-hybridized carbons (Fsp3) is 0.600. The van der Waals surface area contributed by atoms with E-state index in [2.05, 4.69) is 22.5 Å². The first-order chi connectivity index (χ1) is 9.54. The molecule has 0 aromatic carbocycles. The minimum absolute atomic E-state index is 0.195. The Hall–Kier alpha value is -1.29. The molecular weight excluding hydrogens is 274 g/mol. The van der Waals surface area contributed by atoms with Gasteiger partial charge in [0.2, 0.25) is 0 Å². The maximum Gasteiger partial charge on any atom is 0.271 e. The summed E-state index contributed by atoms with van der Waals surface area (Å²) in [4.78, 5) is 16.5. The third-order valence-electron chi connectivity index (χ3n) is 4.05. The minimum atomic E-state index is -0.195. The van der Waals surface area contributed by atoms with Crippen molar-refractivity contribution in [3.63, 3.8) is 0 Å². The van der Waals surface area contributed by atoms with Crippen molar-refractivity contribution in [2.45, 2.75) is 39.0 Å². The van der Waals surface area contributed by atoms with Gasteiger partial charge in [-0.25, -0.2) is 4.98 Å². The van der Waals surface area contributed by atoms with Crippen LogP contribution in [-0.4, -0.2) is 24.5 Å². The molecule has 1 aromatic rings. The van der Waals surface area contributed by atoms with E-state index in [1.807, 2.05) is 0 Å². The monoisotopic (exact) mass is 295 g/mol. The van der Waals surface area contributed by atoms with Gasteiger partial charge >= 0.3 is 0 Å². The van der Waals surface area contributed by atoms with Gasteiger partial charge in [-0.3, -0.25) is 4.79 Å². The van der Waals surface area contributed by atoms with E-state index >= 15 is 0 Å². The Morgan fingerprint density at radius 3 is 2.70 bits per heavy atom. The van der Waals surface area contributed by atoms with Crippen molar-refractivity contribution >= 4 is 23.3 Å². The van der Waals surface area contributed by atoms with Crippen molar-refractivity contribution in [1.29, 1.82) is 0 Å². The Balaban J connectivity index is 2.01. The van der Waals surface area contributed by atoms with Gasteiger partial charge in [0.15, 0.2) is 0 Å². The van der Waals surface area contributed by atoms with E-state index in [1.54, 1.807) is 19.2 Å². The van der Waals surface area contributed by atoms with Crippen molar-refractivity contribution in [2.24, 2.45) is 5.41 Å². The molecule has 4 nitrogen and oxygen atoms in total. The molecule has 5 heteroatoms. The second-order valence-electron chi connectivity index (χ2n) is 5.83. The molecule has 2 rings (SSSR count). The number of nitrogens with zero attached hydrogens (tertiary/aromatic N) is 1. The summed E-state index contributed by atoms with van der Waals surface area (Å²) in [5, 5.41) is 6.28. The SMILES string of the molecule is CNc1ccc(Cl)c(C(=O)NCC2(C)CCCCC2)n1. The van der Waals surface area contributed by atoms with E-state index in [0.717, 1.165) is 0 Å². The standard InChI is InChI=1S/C15H22ClN3O/c1-15(8-4-3-5-9-15)10-18-14(20)13-11(16)6-7-12(17-2)19-13/h6-7H,3-5,8-10H2,1-2H3,(H,17,19)(H,18,20). The zero-order valence-electron chi connectivity index (χ0n) is 12.1. The van der Waals surface area contributed by atoms with Crippen molar-refractivity contribution in [3.8, 4) is 0 Å². The Morgan fingerprint density at radius 1 is 1.35 bits per heavy atom. The molecular formula is C15H22ClN3O. The van der Waals surface area contributed by atoms with E-state index in [1.165, 1.54) is 32.1 Å². The summed E-state index contributed by atoms with van der Waals surface area (Å²) in [6.07, 6.45) is 6.15. The average Bonchev–Trinajstić information content (AvgIpc) is 2.46. The summed E-state index contributed by atoms with van der Waals surface area (Å²) >= 11 is 6.05. The van der Waals surface area contributed by atoms with E-state index in [9.17, 15) is 4.79 Å². The molecule has 0 aliphatic heterocycles. The number of carbonyl (C=O) groups excluding carboxylic acids is 1. The average molecular weight is 296 g/mol. The molecule has 1 fully saturated rings. The first-order valence-electron chi connectivity index (χ1n) is 7.17. The van der Waals surface area contributed by atoms with E-state index in [4.69, 9.17) is 11.6 Å². The largest absolute Gasteiger partial charge is 0.373 e. The molecule has 1 aliphatic rings. The van der Waals surface area contributed by atoms with E-state index in [0.29, 0.717) is 17.4 Å². The number of anilines is 1. The summed E-state index contributed by atoms with van der Waals surface area (Å²) in [5.41, 5.74) is 0.499. The predicted molar refractivity (Wildman–Crippen MR) is 82.3 cm³/mol. The first kappa shape index (κ1) is 15.1. The number of aromatic nitrogens is 1. The molecule has 1 aromatic heterocycles. The van der Waals surface area contributed by atoms with E-state index < -0.39 is 0 Å². The Kier molecular flexibility index (Phi) is 4.86. The molecule has 0 unspecified atom stereocenters. The Morgan fingerprint density at radius 2 is 2.05 bits per heavy atom. The van der Waals surface area contributed by atoms with Crippen LogP contribution in [0.3, 0.4) is 0 Å². The van der Waals surface area contributed by atoms with Crippen LogP contribution in [0.15, 0.2) is 12.1 Å². The molecule has 1 aliphatic carbocycles. The van der Waals surface area contributed by atoms with Gasteiger partial charge in [0, 0.05) is 13.6 Å². The van der Waals surface area contributed by atoms with Crippen LogP contribution in [0.5, 0.6) is 0 Å². The summed E-state index contributed by atoms with van der Waals surface area (Å²) < 4.78 is 0. The molecule has 0 saturated heterocycles. The quantitative estimate of drug-likeness (QED) is 0.894. The number of halogens is 1. The van der Waals surface area contributed by atoms with Crippen LogP contribution >= 0.6 is 11.6 Å². The summed E-state index contributed by atoms with van der Waals surface area (Å²) in [7, 11) is 1.76. The second-order valence-corrected chi connectivity index (χ2v) is 6.24. The van der Waals surface area contributed by atoms with Crippen molar-refractivity contribution in [3.05, 3.63) is 22.8 Å². The lowest BCUT2D eigenvalue weighted by Gasteiger charge is -2.33. The number of pyridine rings is 1. The first-order valence-corrected chi connectivity index (χ1v) is 7.54. The fourth-order valence-electron chi connectivity index (χ4n) is 2.70. The third kappa shape index (κ3) is 3.63. The number of hydrogen-bond acceptors (Lipinski definition) is 3. The van der Waals surface area contributed by atoms with Gasteiger partial charge in [-0.2, -0.15) is 0 Å². The molecule has 0 bridgehead atoms. The Bertz CT molecular complexity index is 484. The maximum atomic E-state index is 12.2. The molecule has 0 spiro atoms. The maximum absolute atomic E-state index is 12.2. The molecule has 1 saturated carbocycles. The van der Waals surface area contributed by atoms with Gasteiger partial charge in [0.05, 0.1) is 5.02 Å². The zero-order chi connectivity index (χ0) is 14.6. The number of nitrogens with one attached hydrogen (secondary N) is 2. The highest BCUT2D eigenvalue weighted by Gasteiger charge is 2.27. The van der Waals surface area contributed by atoms with Crippen molar-refractivity contribution in [1.82, 2.24) is 10.3 Å². The van der Waals surface area contributed by atoms with Crippen LogP contribution in [0, 0.1) is 5.41 Å². The predicted octanol–water partition coefficient (Wildman–Crippen LogP) is 3.48. The van der Waals surface area contributed by atoms with Gasteiger partial charge in [0.1, 0.15) is 11.5 Å². The smallest absolute Gasteiger partial charge is 0.271 e. The van der Waals surface area contributed by atoms with Gasteiger partial charge in [-0.05, 0) is 30.4 Å². The van der Waals surface area contributed by atoms with Gasteiger partial charge in [-0.1, -0.05) is 37.8 Å². The number of amides is 1. The highest BCUT2D eigenvalue weighted by Crippen LogP contribution is 2.35. The van der Waals surface area contributed by atoms with Crippen LogP contribution in [0.1, 0.15) is 49.5 Å². The number of hydrogen-bond donors (Lipinski definition) is 2. The van der Waals surface area contributed by atoms with Crippen LogP contribution < -0.4 is 10.6 Å². The van der Waals surface area contributed by atoms with Crippen molar-refractivity contribution in [2.75, 3.05) is 18.9 Å². The highest BCUT2D eigenvalue weighted by atomic mass is 35.5. The van der Waals surface area contributed by atoms with E-state index in [-0.39, 0.29) is 17.0 Å². The fourth-order valence-corrected chi connectivity index (χ4v) is 2.89. The molecule has 0 radical (unpaired) electrons. The summed E-state index contributed by atoms with van der Waals surface area (Å²) in [6, 6.07) is 3.44. The van der Waals surface area contributed by atoms with Crippen LogP contribution in [0.2, 0.25) is 5.02 Å². The van der Waals surface area contributed by atoms with Crippen LogP contribution in [0.25, 0.3) is 0 Å². The summed E-state index contributed by atoms with van der Waals surface area (Å²) in [6.45, 7) is 2.93. The summed E-state index contributed by atoms with van der Waals surface area (Å²) in [5.74, 6) is 0.447. The molecule has 110 valence electrons. The molecule has 1 amide bonds. The topological polar surface area (TPSA) is 54.0 Å². The normalized spacial score (nSPS) is 17.6. The lowest BCUT2D eigenvalue weighted by atomic mass is 9.76. The van der Waals surface area contributed by atoms with Crippen molar-refractivity contribution < 1.29 is 4.79 Å². The van der Waals surface area contributed by atoms with Gasteiger partial charge in [-0.15, -0.1) is 0 Å². The minimum Gasteiger partial charge on any atom is -0.373 e. The lowest BCUT2D eigenvalue weighted by Crippen LogP contribution is -2.37. The lowest BCUT2D eigenvalue weighted by molar-refractivity contribution is 0.0914. The number of carbonyl (C=O) groups is 1. The van der Waals surface area contributed by atoms with Crippen LogP contribution in [0.4, 0.5) is 5.82 Å². The Labute approximate surface area is 125 Å². The number of rotatable bonds is 4.